The van der Waals surface area contributed by atoms with Crippen molar-refractivity contribution in [2.45, 2.75) is 6.54 Å². The second-order valence-corrected chi connectivity index (χ2v) is 6.20. The Kier molecular flexibility index (Phi) is 6.73. The van der Waals surface area contributed by atoms with Gasteiger partial charge in [0, 0.05) is 31.3 Å². The zero-order chi connectivity index (χ0) is 15.9. The second kappa shape index (κ2) is 8.06. The summed E-state index contributed by atoms with van der Waals surface area (Å²) in [5.74, 6) is 1.89. The summed E-state index contributed by atoms with van der Waals surface area (Å²) in [6.45, 7) is 1.36. The van der Waals surface area contributed by atoms with Crippen molar-refractivity contribution < 1.29 is 22.6 Å². The van der Waals surface area contributed by atoms with E-state index in [-0.39, 0.29) is 0 Å². The summed E-state index contributed by atoms with van der Waals surface area (Å²) in [7, 11) is 1.55. The molecule has 1 rings (SSSR count). The van der Waals surface area contributed by atoms with E-state index in [1.165, 1.54) is 0 Å². The van der Waals surface area contributed by atoms with Gasteiger partial charge in [-0.1, -0.05) is 0 Å². The third kappa shape index (κ3) is 5.78. The van der Waals surface area contributed by atoms with Gasteiger partial charge in [0.2, 0.25) is 10.0 Å². The van der Waals surface area contributed by atoms with E-state index in [0.717, 1.165) is 11.8 Å². The first-order valence-corrected chi connectivity index (χ1v) is 8.24. The van der Waals surface area contributed by atoms with Crippen molar-refractivity contribution in [1.82, 2.24) is 10.0 Å². The number of methoxy groups -OCH3 is 3. The van der Waals surface area contributed by atoms with E-state index in [9.17, 15) is 8.42 Å². The standard InChI is InChI=1S/C13H22N2O5S/c1-18-11-8-13(20-3)12(19-2)7-10(11)9-14-5-6-15-21(4,16)17/h7-8,14-15H,5-6,9H2,1-4H3. The third-order valence-corrected chi connectivity index (χ3v) is 3.50. The van der Waals surface area contributed by atoms with Gasteiger partial charge in [0.1, 0.15) is 5.75 Å². The highest BCUT2D eigenvalue weighted by Gasteiger charge is 2.11. The van der Waals surface area contributed by atoms with Gasteiger partial charge in [0.15, 0.2) is 11.5 Å². The lowest BCUT2D eigenvalue weighted by molar-refractivity contribution is 0.347. The van der Waals surface area contributed by atoms with Gasteiger partial charge in [-0.2, -0.15) is 0 Å². The summed E-state index contributed by atoms with van der Waals surface area (Å²) in [5.41, 5.74) is 0.898. The Balaban J connectivity index is 2.65. The van der Waals surface area contributed by atoms with Crippen LogP contribution in [0.1, 0.15) is 5.56 Å². The van der Waals surface area contributed by atoms with Crippen LogP contribution in [0.15, 0.2) is 12.1 Å². The van der Waals surface area contributed by atoms with Gasteiger partial charge in [0.05, 0.1) is 27.6 Å². The molecule has 0 radical (unpaired) electrons. The Morgan fingerprint density at radius 3 is 2.05 bits per heavy atom. The van der Waals surface area contributed by atoms with Crippen LogP contribution < -0.4 is 24.2 Å². The lowest BCUT2D eigenvalue weighted by atomic mass is 10.1. The summed E-state index contributed by atoms with van der Waals surface area (Å²) in [5, 5.41) is 3.13. The van der Waals surface area contributed by atoms with Gasteiger partial charge in [-0.25, -0.2) is 13.1 Å². The first kappa shape index (κ1) is 17.5. The molecule has 0 fully saturated rings. The minimum absolute atomic E-state index is 0.328. The van der Waals surface area contributed by atoms with Crippen LogP contribution in [-0.2, 0) is 16.6 Å². The van der Waals surface area contributed by atoms with E-state index in [2.05, 4.69) is 10.0 Å². The fourth-order valence-electron chi connectivity index (χ4n) is 1.78. The average molecular weight is 318 g/mol. The Morgan fingerprint density at radius 2 is 1.52 bits per heavy atom. The molecule has 1 aromatic carbocycles. The van der Waals surface area contributed by atoms with Crippen LogP contribution in [0.5, 0.6) is 17.2 Å². The monoisotopic (exact) mass is 318 g/mol. The zero-order valence-electron chi connectivity index (χ0n) is 12.7. The van der Waals surface area contributed by atoms with Crippen LogP contribution in [-0.4, -0.2) is 49.1 Å². The van der Waals surface area contributed by atoms with Crippen molar-refractivity contribution in [1.29, 1.82) is 0 Å². The van der Waals surface area contributed by atoms with Gasteiger partial charge < -0.3 is 19.5 Å². The molecule has 7 nitrogen and oxygen atoms in total. The summed E-state index contributed by atoms with van der Waals surface area (Å²) in [6, 6.07) is 3.58. The number of rotatable bonds is 9. The second-order valence-electron chi connectivity index (χ2n) is 4.36. The number of nitrogens with one attached hydrogen (secondary N) is 2. The molecule has 0 amide bonds. The SMILES string of the molecule is COc1cc(OC)c(OC)cc1CNCCNS(C)(=O)=O. The molecule has 0 saturated carbocycles. The van der Waals surface area contributed by atoms with E-state index >= 15 is 0 Å². The maximum Gasteiger partial charge on any atom is 0.208 e. The van der Waals surface area contributed by atoms with Crippen molar-refractivity contribution in [3.05, 3.63) is 17.7 Å². The largest absolute Gasteiger partial charge is 0.496 e. The normalized spacial score (nSPS) is 11.2. The number of ether oxygens (including phenoxy) is 3. The topological polar surface area (TPSA) is 85.9 Å². The fraction of sp³-hybridized carbons (Fsp3) is 0.538. The highest BCUT2D eigenvalue weighted by atomic mass is 32.2. The molecule has 0 aliphatic carbocycles. The van der Waals surface area contributed by atoms with Crippen LogP contribution in [0.2, 0.25) is 0 Å². The molecule has 0 saturated heterocycles. The van der Waals surface area contributed by atoms with Gasteiger partial charge in [0.25, 0.3) is 0 Å². The van der Waals surface area contributed by atoms with E-state index in [0.29, 0.717) is 36.9 Å². The lowest BCUT2D eigenvalue weighted by Crippen LogP contribution is -2.30. The lowest BCUT2D eigenvalue weighted by Gasteiger charge is -2.14. The minimum atomic E-state index is -3.15. The minimum Gasteiger partial charge on any atom is -0.496 e. The van der Waals surface area contributed by atoms with Crippen molar-refractivity contribution in [2.75, 3.05) is 40.7 Å². The van der Waals surface area contributed by atoms with Crippen LogP contribution in [0.25, 0.3) is 0 Å². The molecule has 0 aromatic heterocycles. The first-order valence-electron chi connectivity index (χ1n) is 6.35. The molecular weight excluding hydrogens is 296 g/mol. The maximum absolute atomic E-state index is 10.9. The summed E-state index contributed by atoms with van der Waals surface area (Å²) in [4.78, 5) is 0. The molecule has 0 heterocycles. The number of sulfonamides is 1. The third-order valence-electron chi connectivity index (χ3n) is 2.77. The van der Waals surface area contributed by atoms with Crippen molar-refractivity contribution in [3.8, 4) is 17.2 Å². The Bertz CT molecular complexity index is 560. The fourth-order valence-corrected chi connectivity index (χ4v) is 2.25. The summed E-state index contributed by atoms with van der Waals surface area (Å²) >= 11 is 0. The highest BCUT2D eigenvalue weighted by molar-refractivity contribution is 7.88. The van der Waals surface area contributed by atoms with Gasteiger partial charge >= 0.3 is 0 Å². The number of benzene rings is 1. The summed E-state index contributed by atoms with van der Waals surface area (Å²) in [6.07, 6.45) is 1.13. The van der Waals surface area contributed by atoms with Crippen LogP contribution >= 0.6 is 0 Å². The number of hydrogen-bond donors (Lipinski definition) is 2. The molecule has 0 bridgehead atoms. The number of hydrogen-bond acceptors (Lipinski definition) is 6. The van der Waals surface area contributed by atoms with Crippen LogP contribution in [0.4, 0.5) is 0 Å². The molecule has 0 unspecified atom stereocenters. The molecule has 0 aliphatic heterocycles. The Labute approximate surface area is 125 Å². The van der Waals surface area contributed by atoms with Crippen molar-refractivity contribution in [3.63, 3.8) is 0 Å². The van der Waals surface area contributed by atoms with Crippen molar-refractivity contribution >= 4 is 10.0 Å². The van der Waals surface area contributed by atoms with Gasteiger partial charge in [-0.15, -0.1) is 0 Å². The maximum atomic E-state index is 10.9. The predicted molar refractivity (Wildman–Crippen MR) is 80.7 cm³/mol. The summed E-state index contributed by atoms with van der Waals surface area (Å²) < 4.78 is 40.0. The quantitative estimate of drug-likeness (QED) is 0.639. The predicted octanol–water partition coefficient (Wildman–Crippen LogP) is 0.351. The van der Waals surface area contributed by atoms with E-state index < -0.39 is 10.0 Å². The zero-order valence-corrected chi connectivity index (χ0v) is 13.5. The molecule has 120 valence electrons. The van der Waals surface area contributed by atoms with E-state index in [4.69, 9.17) is 14.2 Å². The molecule has 0 spiro atoms. The first-order chi connectivity index (χ1) is 9.91. The van der Waals surface area contributed by atoms with Crippen LogP contribution in [0.3, 0.4) is 0 Å². The molecule has 0 atom stereocenters. The van der Waals surface area contributed by atoms with E-state index in [1.807, 2.05) is 6.07 Å². The molecule has 1 aromatic rings. The van der Waals surface area contributed by atoms with Crippen molar-refractivity contribution in [2.24, 2.45) is 0 Å². The Morgan fingerprint density at radius 1 is 0.952 bits per heavy atom. The molecule has 8 heteroatoms. The smallest absolute Gasteiger partial charge is 0.208 e. The average Bonchev–Trinajstić information content (AvgIpc) is 2.44. The molecular formula is C13H22N2O5S. The highest BCUT2D eigenvalue weighted by Crippen LogP contribution is 2.34. The van der Waals surface area contributed by atoms with Gasteiger partial charge in [-0.3, -0.25) is 0 Å². The molecule has 2 N–H and O–H groups in total. The van der Waals surface area contributed by atoms with E-state index in [1.54, 1.807) is 27.4 Å². The van der Waals surface area contributed by atoms with Crippen LogP contribution in [0, 0.1) is 0 Å². The Hall–Kier alpha value is -1.51. The molecule has 0 aliphatic rings. The molecule has 21 heavy (non-hydrogen) atoms. The van der Waals surface area contributed by atoms with Gasteiger partial charge in [-0.05, 0) is 6.07 Å².